The molecule has 2 heterocycles. The van der Waals surface area contributed by atoms with Gasteiger partial charge in [0.1, 0.15) is 24.0 Å². The van der Waals surface area contributed by atoms with Gasteiger partial charge in [-0.2, -0.15) is 0 Å². The van der Waals surface area contributed by atoms with Crippen molar-refractivity contribution in [2.45, 2.75) is 40.0 Å². The number of ether oxygens (including phenoxy) is 3. The Labute approximate surface area is 181 Å². The van der Waals surface area contributed by atoms with Gasteiger partial charge in [-0.25, -0.2) is 4.79 Å². The van der Waals surface area contributed by atoms with E-state index in [1.807, 2.05) is 13.8 Å². The maximum Gasteiger partial charge on any atom is 0.336 e. The molecule has 0 saturated carbocycles. The van der Waals surface area contributed by atoms with E-state index in [1.54, 1.807) is 26.0 Å². The van der Waals surface area contributed by atoms with Crippen LogP contribution in [0.1, 0.15) is 44.6 Å². The Morgan fingerprint density at radius 3 is 2.58 bits per heavy atom. The van der Waals surface area contributed by atoms with Crippen LogP contribution in [-0.2, 0) is 28.6 Å². The summed E-state index contributed by atoms with van der Waals surface area (Å²) in [6.45, 7) is 8.15. The van der Waals surface area contributed by atoms with E-state index in [2.05, 4.69) is 5.32 Å². The average Bonchev–Trinajstić information content (AvgIpc) is 3.15. The fourth-order valence-electron chi connectivity index (χ4n) is 4.26. The van der Waals surface area contributed by atoms with E-state index in [-0.39, 0.29) is 30.5 Å². The predicted molar refractivity (Wildman–Crippen MR) is 111 cm³/mol. The van der Waals surface area contributed by atoms with E-state index in [1.165, 1.54) is 7.11 Å². The Balaban J connectivity index is 2.03. The van der Waals surface area contributed by atoms with Crippen LogP contribution in [0.25, 0.3) is 0 Å². The summed E-state index contributed by atoms with van der Waals surface area (Å²) in [4.78, 5) is 38.9. The molecule has 168 valence electrons. The number of hydrogen-bond acceptors (Lipinski definition) is 8. The van der Waals surface area contributed by atoms with E-state index in [9.17, 15) is 14.4 Å². The van der Waals surface area contributed by atoms with Crippen molar-refractivity contribution in [3.8, 4) is 0 Å². The molecular formula is C23H29NO7. The van der Waals surface area contributed by atoms with Crippen molar-refractivity contribution < 1.29 is 33.0 Å². The summed E-state index contributed by atoms with van der Waals surface area (Å²) in [6, 6.07) is 3.52. The maximum absolute atomic E-state index is 13.5. The van der Waals surface area contributed by atoms with Gasteiger partial charge in [0, 0.05) is 23.6 Å². The third-order valence-corrected chi connectivity index (χ3v) is 5.67. The molecule has 8 nitrogen and oxygen atoms in total. The third kappa shape index (κ3) is 4.44. The number of allylic oxidation sites excluding steroid dienone is 3. The van der Waals surface area contributed by atoms with Crippen LogP contribution in [0.5, 0.6) is 0 Å². The first-order valence-corrected chi connectivity index (χ1v) is 10.4. The fraction of sp³-hybridized carbons (Fsp3) is 0.522. The molecule has 1 aromatic rings. The minimum Gasteiger partial charge on any atom is -0.468 e. The third-order valence-electron chi connectivity index (χ3n) is 5.67. The summed E-state index contributed by atoms with van der Waals surface area (Å²) in [7, 11) is 1.27. The van der Waals surface area contributed by atoms with Gasteiger partial charge in [-0.1, -0.05) is 6.92 Å². The Morgan fingerprint density at radius 1 is 1.23 bits per heavy atom. The van der Waals surface area contributed by atoms with Gasteiger partial charge in [0.15, 0.2) is 5.78 Å². The second-order valence-electron chi connectivity index (χ2n) is 7.82. The monoisotopic (exact) mass is 431 g/mol. The highest BCUT2D eigenvalue weighted by Gasteiger charge is 2.48. The molecule has 1 aliphatic heterocycles. The lowest BCUT2D eigenvalue weighted by molar-refractivity contribution is -0.151. The molecule has 0 radical (unpaired) electrons. The number of carbonyl (C=O) groups excluding carboxylic acids is 3. The zero-order chi connectivity index (χ0) is 22.7. The number of nitrogens with one attached hydrogen (secondary N) is 1. The van der Waals surface area contributed by atoms with Gasteiger partial charge in [0.25, 0.3) is 0 Å². The van der Waals surface area contributed by atoms with Gasteiger partial charge in [0.2, 0.25) is 0 Å². The minimum absolute atomic E-state index is 0.0923. The largest absolute Gasteiger partial charge is 0.468 e. The summed E-state index contributed by atoms with van der Waals surface area (Å²) in [5, 5.41) is 3.21. The summed E-state index contributed by atoms with van der Waals surface area (Å²) in [5.74, 6) is -2.33. The van der Waals surface area contributed by atoms with Gasteiger partial charge in [0.05, 0.1) is 25.2 Å². The number of ketones is 1. The van der Waals surface area contributed by atoms with Crippen LogP contribution in [0.15, 0.2) is 39.1 Å². The second-order valence-corrected chi connectivity index (χ2v) is 7.82. The number of rotatable bonds is 7. The van der Waals surface area contributed by atoms with Crippen molar-refractivity contribution in [3.63, 3.8) is 0 Å². The first-order valence-electron chi connectivity index (χ1n) is 10.4. The Morgan fingerprint density at radius 2 is 1.97 bits per heavy atom. The van der Waals surface area contributed by atoms with Gasteiger partial charge in [-0.3, -0.25) is 9.59 Å². The molecule has 3 rings (SSSR count). The molecule has 1 aliphatic carbocycles. The van der Waals surface area contributed by atoms with Crippen LogP contribution in [0.3, 0.4) is 0 Å². The summed E-state index contributed by atoms with van der Waals surface area (Å²) in [6.07, 6.45) is 0.473. The number of esters is 2. The predicted octanol–water partition coefficient (Wildman–Crippen LogP) is 2.78. The molecule has 3 atom stereocenters. The highest BCUT2D eigenvalue weighted by Crippen LogP contribution is 2.45. The number of hydrogen-bond donors (Lipinski definition) is 1. The molecular weight excluding hydrogens is 402 g/mol. The van der Waals surface area contributed by atoms with E-state index in [0.29, 0.717) is 41.5 Å². The van der Waals surface area contributed by atoms with Crippen molar-refractivity contribution in [1.29, 1.82) is 0 Å². The quantitative estimate of drug-likeness (QED) is 0.399. The summed E-state index contributed by atoms with van der Waals surface area (Å²) >= 11 is 0. The number of aryl methyl sites for hydroxylation is 1. The second kappa shape index (κ2) is 9.51. The number of carbonyl (C=O) groups is 3. The number of furan rings is 1. The van der Waals surface area contributed by atoms with Crippen molar-refractivity contribution in [2.75, 3.05) is 26.9 Å². The molecule has 8 heteroatoms. The molecule has 2 aliphatic rings. The van der Waals surface area contributed by atoms with Crippen LogP contribution < -0.4 is 5.32 Å². The fourth-order valence-corrected chi connectivity index (χ4v) is 4.26. The van der Waals surface area contributed by atoms with Gasteiger partial charge >= 0.3 is 11.9 Å². The van der Waals surface area contributed by atoms with Crippen LogP contribution in [0.4, 0.5) is 0 Å². The molecule has 0 aromatic carbocycles. The lowest BCUT2D eigenvalue weighted by atomic mass is 9.70. The van der Waals surface area contributed by atoms with Crippen LogP contribution in [-0.4, -0.2) is 44.7 Å². The van der Waals surface area contributed by atoms with Crippen molar-refractivity contribution in [3.05, 3.63) is 46.2 Å². The van der Waals surface area contributed by atoms with Gasteiger partial charge < -0.3 is 23.9 Å². The smallest absolute Gasteiger partial charge is 0.336 e. The Hall–Kier alpha value is -2.87. The van der Waals surface area contributed by atoms with E-state index in [4.69, 9.17) is 18.6 Å². The zero-order valence-corrected chi connectivity index (χ0v) is 18.6. The number of dihydropyridines is 1. The standard InChI is InChI=1S/C23H29NO7/c1-6-29-9-10-30-23(27)18-14(4)24-15-11-12(2)17(22(26)28-5)21(25)19(15)20(18)16-8-7-13(3)31-16/h7-8,12,17,20,24H,6,9-11H2,1-5H3/t12-,17+,20-/m0/s1. The zero-order valence-electron chi connectivity index (χ0n) is 18.6. The van der Waals surface area contributed by atoms with Crippen LogP contribution in [0.2, 0.25) is 0 Å². The first kappa shape index (κ1) is 22.8. The summed E-state index contributed by atoms with van der Waals surface area (Å²) in [5.41, 5.74) is 1.93. The lowest BCUT2D eigenvalue weighted by Gasteiger charge is -2.37. The average molecular weight is 431 g/mol. The van der Waals surface area contributed by atoms with Gasteiger partial charge in [-0.15, -0.1) is 0 Å². The molecule has 0 saturated heterocycles. The van der Waals surface area contributed by atoms with E-state index >= 15 is 0 Å². The van der Waals surface area contributed by atoms with Crippen LogP contribution in [0, 0.1) is 18.8 Å². The van der Waals surface area contributed by atoms with Crippen molar-refractivity contribution in [2.24, 2.45) is 11.8 Å². The normalized spacial score (nSPS) is 23.4. The molecule has 0 spiro atoms. The number of methoxy groups -OCH3 is 1. The van der Waals surface area contributed by atoms with Crippen molar-refractivity contribution in [1.82, 2.24) is 5.32 Å². The van der Waals surface area contributed by atoms with E-state index in [0.717, 1.165) is 0 Å². The van der Waals surface area contributed by atoms with E-state index < -0.39 is 23.8 Å². The lowest BCUT2D eigenvalue weighted by Crippen LogP contribution is -2.43. The molecule has 0 amide bonds. The molecule has 31 heavy (non-hydrogen) atoms. The molecule has 0 fully saturated rings. The first-order chi connectivity index (χ1) is 14.8. The highest BCUT2D eigenvalue weighted by molar-refractivity contribution is 6.12. The topological polar surface area (TPSA) is 104 Å². The molecule has 1 N–H and O–H groups in total. The Bertz CT molecular complexity index is 939. The van der Waals surface area contributed by atoms with Gasteiger partial charge in [-0.05, 0) is 45.2 Å². The maximum atomic E-state index is 13.5. The highest BCUT2D eigenvalue weighted by atomic mass is 16.6. The van der Waals surface area contributed by atoms with Crippen LogP contribution >= 0.6 is 0 Å². The molecule has 0 bridgehead atoms. The molecule has 1 aromatic heterocycles. The summed E-state index contributed by atoms with van der Waals surface area (Å²) < 4.78 is 21.4. The molecule has 0 unspecified atom stereocenters. The minimum atomic E-state index is -0.933. The number of Topliss-reactive ketones (excluding diaryl/α,β-unsaturated/α-hetero) is 1. The SMILES string of the molecule is CCOCCOC(=O)C1=C(C)NC2=C(C(=O)[C@H](C(=O)OC)[C@@H](C)C2)[C@H]1c1ccc(C)o1. The Kier molecular flexibility index (Phi) is 7.00. The van der Waals surface area contributed by atoms with Crippen molar-refractivity contribution >= 4 is 17.7 Å².